The summed E-state index contributed by atoms with van der Waals surface area (Å²) in [6.45, 7) is 3.39. The van der Waals surface area contributed by atoms with E-state index in [4.69, 9.17) is 15.6 Å². The zero-order valence-corrected chi connectivity index (χ0v) is 15.0. The van der Waals surface area contributed by atoms with Crippen LogP contribution in [0.1, 0.15) is 36.9 Å². The predicted octanol–water partition coefficient (Wildman–Crippen LogP) is 2.75. The Kier molecular flexibility index (Phi) is 4.11. The van der Waals surface area contributed by atoms with Gasteiger partial charge in [0.2, 0.25) is 0 Å². The Labute approximate surface area is 157 Å². The van der Waals surface area contributed by atoms with E-state index in [-0.39, 0.29) is 5.82 Å². The number of fused-ring (bicyclic) bond motifs is 2. The molecule has 2 aromatic rings. The second-order valence-electron chi connectivity index (χ2n) is 6.98. The van der Waals surface area contributed by atoms with Gasteiger partial charge < -0.3 is 20.5 Å². The second-order valence-corrected chi connectivity index (χ2v) is 6.98. The molecule has 3 aliphatic rings. The molecule has 0 aliphatic carbocycles. The van der Waals surface area contributed by atoms with Gasteiger partial charge in [0.05, 0.1) is 11.4 Å². The Morgan fingerprint density at radius 3 is 2.63 bits per heavy atom. The fourth-order valence-corrected chi connectivity index (χ4v) is 3.94. The molecule has 1 aromatic heterocycles. The summed E-state index contributed by atoms with van der Waals surface area (Å²) in [7, 11) is 0. The maximum Gasteiger partial charge on any atom is 0.344 e. The lowest BCUT2D eigenvalue weighted by Crippen LogP contribution is -2.40. The van der Waals surface area contributed by atoms with Crippen LogP contribution >= 0.6 is 0 Å². The van der Waals surface area contributed by atoms with Crippen molar-refractivity contribution in [1.82, 2.24) is 4.98 Å². The van der Waals surface area contributed by atoms with E-state index >= 15 is 0 Å². The van der Waals surface area contributed by atoms with Crippen LogP contribution in [0, 0.1) is 11.3 Å². The van der Waals surface area contributed by atoms with Gasteiger partial charge >= 0.3 is 5.97 Å². The molecule has 1 aromatic carbocycles. The lowest BCUT2D eigenvalue weighted by Gasteiger charge is -2.42. The number of carbonyl (C=O) groups is 1. The summed E-state index contributed by atoms with van der Waals surface area (Å²) in [6.07, 6.45) is 1.19. The highest BCUT2D eigenvalue weighted by Crippen LogP contribution is 2.48. The summed E-state index contributed by atoms with van der Waals surface area (Å²) in [6, 6.07) is 9.32. The highest BCUT2D eigenvalue weighted by Gasteiger charge is 2.36. The van der Waals surface area contributed by atoms with E-state index in [0.717, 1.165) is 48.4 Å². The number of carboxylic acids is 1. The molecule has 7 nitrogen and oxygen atoms in total. The number of nitrogens with zero attached hydrogens (tertiary/aromatic N) is 3. The van der Waals surface area contributed by atoms with Gasteiger partial charge in [-0.3, -0.25) is 0 Å². The summed E-state index contributed by atoms with van der Waals surface area (Å²) >= 11 is 0. The van der Waals surface area contributed by atoms with E-state index in [0.29, 0.717) is 17.2 Å². The number of nitriles is 1. The second kappa shape index (κ2) is 6.47. The Bertz CT molecular complexity index is 941. The summed E-state index contributed by atoms with van der Waals surface area (Å²) in [5.41, 5.74) is 10.1. The maximum absolute atomic E-state index is 11.0. The maximum atomic E-state index is 11.0. The minimum Gasteiger partial charge on any atom is -0.479 e. The molecule has 7 heteroatoms. The van der Waals surface area contributed by atoms with E-state index in [9.17, 15) is 10.1 Å². The van der Waals surface area contributed by atoms with Crippen molar-refractivity contribution in [3.8, 4) is 22.9 Å². The lowest BCUT2D eigenvalue weighted by atomic mass is 9.83. The van der Waals surface area contributed by atoms with Gasteiger partial charge in [0.15, 0.2) is 6.10 Å². The van der Waals surface area contributed by atoms with Crippen molar-refractivity contribution in [2.45, 2.75) is 31.8 Å². The van der Waals surface area contributed by atoms with Crippen LogP contribution in [0.4, 0.5) is 11.5 Å². The predicted molar refractivity (Wildman–Crippen MR) is 101 cm³/mol. The average molecular weight is 364 g/mol. The molecular weight excluding hydrogens is 344 g/mol. The third kappa shape index (κ3) is 2.83. The topological polar surface area (TPSA) is 112 Å². The van der Waals surface area contributed by atoms with Crippen molar-refractivity contribution in [2.75, 3.05) is 23.7 Å². The lowest BCUT2D eigenvalue weighted by molar-refractivity contribution is -0.144. The van der Waals surface area contributed by atoms with Crippen molar-refractivity contribution >= 4 is 17.5 Å². The highest BCUT2D eigenvalue weighted by atomic mass is 16.5. The SMILES string of the molecule is CC(Oc1ccc(-c2c(C#N)c(N)nc3c2N2CCC3CC2)cc1)C(=O)O. The average Bonchev–Trinajstić information content (AvgIpc) is 2.68. The zero-order valence-electron chi connectivity index (χ0n) is 15.0. The molecule has 138 valence electrons. The van der Waals surface area contributed by atoms with Crippen molar-refractivity contribution in [3.63, 3.8) is 0 Å². The van der Waals surface area contributed by atoms with E-state index < -0.39 is 12.1 Å². The van der Waals surface area contributed by atoms with Crippen LogP contribution in [0.3, 0.4) is 0 Å². The van der Waals surface area contributed by atoms with Gasteiger partial charge in [-0.2, -0.15) is 5.26 Å². The minimum atomic E-state index is -1.02. The Hall–Kier alpha value is -3.27. The molecule has 0 radical (unpaired) electrons. The highest BCUT2D eigenvalue weighted by molar-refractivity contribution is 5.89. The number of hydrogen-bond donors (Lipinski definition) is 2. The number of aliphatic carboxylic acids is 1. The smallest absolute Gasteiger partial charge is 0.344 e. The molecule has 4 heterocycles. The van der Waals surface area contributed by atoms with Gasteiger partial charge in [-0.25, -0.2) is 9.78 Å². The first-order chi connectivity index (χ1) is 13.0. The van der Waals surface area contributed by atoms with Crippen LogP contribution in [0.2, 0.25) is 0 Å². The first-order valence-electron chi connectivity index (χ1n) is 8.98. The first kappa shape index (κ1) is 17.2. The molecule has 3 aliphatic heterocycles. The molecule has 1 atom stereocenters. The molecule has 2 bridgehead atoms. The van der Waals surface area contributed by atoms with Gasteiger partial charge in [-0.1, -0.05) is 12.1 Å². The summed E-state index contributed by atoms with van der Waals surface area (Å²) in [5.74, 6) is 0.0909. The third-order valence-corrected chi connectivity index (χ3v) is 5.34. The fraction of sp³-hybridized carbons (Fsp3) is 0.350. The number of aromatic nitrogens is 1. The number of carboxylic acid groups (broad SMARTS) is 1. The van der Waals surface area contributed by atoms with Gasteiger partial charge in [0.25, 0.3) is 0 Å². The van der Waals surface area contributed by atoms with Crippen LogP contribution in [0.15, 0.2) is 24.3 Å². The molecule has 1 fully saturated rings. The van der Waals surface area contributed by atoms with Crippen LogP contribution in [-0.4, -0.2) is 35.3 Å². The number of nitrogens with two attached hydrogens (primary N) is 1. The summed E-state index contributed by atoms with van der Waals surface area (Å²) in [4.78, 5) is 17.8. The quantitative estimate of drug-likeness (QED) is 0.857. The number of rotatable bonds is 4. The standard InChI is InChI=1S/C20H20N4O3/c1-11(20(25)26)27-14-4-2-12(3-5-14)16-15(10-21)19(22)23-17-13-6-8-24(9-7-13)18(16)17/h2-5,11,13H,6-9H2,1H3,(H2,22,23)(H,25,26). The molecule has 0 spiro atoms. The van der Waals surface area contributed by atoms with Crippen LogP contribution < -0.4 is 15.4 Å². The Morgan fingerprint density at radius 1 is 1.37 bits per heavy atom. The number of benzene rings is 1. The van der Waals surface area contributed by atoms with E-state index in [1.807, 2.05) is 12.1 Å². The van der Waals surface area contributed by atoms with Gasteiger partial charge in [0.1, 0.15) is 23.2 Å². The minimum absolute atomic E-state index is 0.264. The summed E-state index contributed by atoms with van der Waals surface area (Å²) < 4.78 is 5.40. The van der Waals surface area contributed by atoms with Gasteiger partial charge in [-0.15, -0.1) is 0 Å². The van der Waals surface area contributed by atoms with E-state index in [1.54, 1.807) is 12.1 Å². The number of piperidine rings is 1. The molecule has 3 N–H and O–H groups in total. The summed E-state index contributed by atoms with van der Waals surface area (Å²) in [5, 5.41) is 18.7. The third-order valence-electron chi connectivity index (χ3n) is 5.34. The Balaban J connectivity index is 1.80. The zero-order chi connectivity index (χ0) is 19.1. The van der Waals surface area contributed by atoms with E-state index in [1.165, 1.54) is 6.92 Å². The molecule has 5 rings (SSSR count). The van der Waals surface area contributed by atoms with Crippen LogP contribution in [0.5, 0.6) is 5.75 Å². The first-order valence-corrected chi connectivity index (χ1v) is 8.98. The van der Waals surface area contributed by atoms with Crippen LogP contribution in [-0.2, 0) is 4.79 Å². The molecule has 1 unspecified atom stereocenters. The number of pyridine rings is 1. The number of anilines is 2. The monoisotopic (exact) mass is 364 g/mol. The Morgan fingerprint density at radius 2 is 2.04 bits per heavy atom. The number of hydrogen-bond acceptors (Lipinski definition) is 6. The molecule has 0 amide bonds. The molecule has 1 saturated heterocycles. The van der Waals surface area contributed by atoms with E-state index in [2.05, 4.69) is 16.0 Å². The van der Waals surface area contributed by atoms with Gasteiger partial charge in [-0.05, 0) is 37.5 Å². The normalized spacial score (nSPS) is 16.5. The number of nitrogen functional groups attached to an aromatic ring is 1. The largest absolute Gasteiger partial charge is 0.479 e. The van der Waals surface area contributed by atoms with Crippen molar-refractivity contribution in [3.05, 3.63) is 35.5 Å². The molecular formula is C20H20N4O3. The molecule has 27 heavy (non-hydrogen) atoms. The van der Waals surface area contributed by atoms with Crippen molar-refractivity contribution in [1.29, 1.82) is 5.26 Å². The number of ether oxygens (including phenoxy) is 1. The van der Waals surface area contributed by atoms with Crippen molar-refractivity contribution < 1.29 is 14.6 Å². The fourth-order valence-electron chi connectivity index (χ4n) is 3.94. The van der Waals surface area contributed by atoms with Crippen LogP contribution in [0.25, 0.3) is 11.1 Å². The van der Waals surface area contributed by atoms with Crippen molar-refractivity contribution in [2.24, 2.45) is 0 Å². The van der Waals surface area contributed by atoms with Gasteiger partial charge in [0, 0.05) is 24.6 Å². The molecule has 0 saturated carbocycles.